The van der Waals surface area contributed by atoms with Crippen molar-refractivity contribution in [3.05, 3.63) is 147 Å². The molecule has 7 N–H and O–H groups in total. The summed E-state index contributed by atoms with van der Waals surface area (Å²) in [4.78, 5) is 138. The summed E-state index contributed by atoms with van der Waals surface area (Å²) in [7, 11) is 0. The average Bonchev–Trinajstić information content (AvgIpc) is 1.54. The molecule has 546 valence electrons. The summed E-state index contributed by atoms with van der Waals surface area (Å²) in [6.45, 7) is 15.7. The molecule has 28 nitrogen and oxygen atoms in total. The highest BCUT2D eigenvalue weighted by Crippen LogP contribution is 2.60. The number of likely N-dealkylation sites (tertiary alicyclic amines) is 1. The number of carbonyl (C=O) groups excluding carboxylic acids is 7. The van der Waals surface area contributed by atoms with Crippen LogP contribution in [0.3, 0.4) is 0 Å². The van der Waals surface area contributed by atoms with Crippen LogP contribution in [-0.2, 0) is 69.2 Å². The Kier molecular flexibility index (Phi) is 23.8. The number of aliphatic carboxylic acids is 1. The number of anilines is 2. The maximum Gasteiger partial charge on any atom is 0.322 e. The summed E-state index contributed by atoms with van der Waals surface area (Å²) < 4.78 is 14.3. The number of carbonyl (C=O) groups is 8. The van der Waals surface area contributed by atoms with Gasteiger partial charge in [0.1, 0.15) is 57.2 Å². The minimum atomic E-state index is -1.05. The highest BCUT2D eigenvalue weighted by Gasteiger charge is 2.67. The van der Waals surface area contributed by atoms with E-state index in [1.807, 2.05) is 70.2 Å². The topological polar surface area (TPSA) is 383 Å². The Morgan fingerprint density at radius 2 is 1.29 bits per heavy atom. The van der Waals surface area contributed by atoms with Gasteiger partial charge in [-0.2, -0.15) is 5.10 Å². The van der Waals surface area contributed by atoms with Crippen molar-refractivity contribution in [2.24, 2.45) is 21.7 Å². The molecule has 0 unspecified atom stereocenters. The van der Waals surface area contributed by atoms with E-state index < -0.39 is 34.0 Å². The molecular formula is C74H85Br2N17O11. The van der Waals surface area contributed by atoms with E-state index in [0.29, 0.717) is 131 Å². The fourth-order valence-corrected chi connectivity index (χ4v) is 13.8. The van der Waals surface area contributed by atoms with Crippen molar-refractivity contribution in [2.45, 2.75) is 152 Å². The van der Waals surface area contributed by atoms with Crippen LogP contribution in [0.5, 0.6) is 0 Å². The molecule has 6 atom stereocenters. The lowest BCUT2D eigenvalue weighted by atomic mass is 9.87. The molecule has 4 aliphatic heterocycles. The smallest absolute Gasteiger partial charge is 0.322 e. The van der Waals surface area contributed by atoms with E-state index in [4.69, 9.17) is 20.0 Å². The number of carboxylic acids is 1. The van der Waals surface area contributed by atoms with Gasteiger partial charge in [-0.3, -0.25) is 58.4 Å². The number of ketones is 3. The average molecular weight is 1550 g/mol. The number of aromatic nitrogens is 10. The molecular weight excluding hydrogens is 1460 g/mol. The van der Waals surface area contributed by atoms with Crippen LogP contribution in [0.1, 0.15) is 132 Å². The van der Waals surface area contributed by atoms with Crippen molar-refractivity contribution in [1.29, 1.82) is 5.41 Å². The lowest BCUT2D eigenvalue weighted by Crippen LogP contribution is -2.47. The van der Waals surface area contributed by atoms with Crippen LogP contribution in [0.25, 0.3) is 33.4 Å². The first-order chi connectivity index (χ1) is 49.0. The van der Waals surface area contributed by atoms with Crippen LogP contribution in [0.15, 0.2) is 107 Å². The van der Waals surface area contributed by atoms with Crippen molar-refractivity contribution in [2.75, 3.05) is 43.5 Å². The minimum Gasteiger partial charge on any atom is -0.480 e. The Bertz CT molecular complexity index is 4560. The molecule has 0 aromatic carbocycles. The van der Waals surface area contributed by atoms with Gasteiger partial charge in [-0.15, -0.1) is 0 Å². The van der Waals surface area contributed by atoms with E-state index in [1.165, 1.54) is 24.7 Å². The summed E-state index contributed by atoms with van der Waals surface area (Å²) in [5.74, 6) is -0.799. The molecule has 0 radical (unpaired) electrons. The molecule has 2 spiro atoms. The van der Waals surface area contributed by atoms with Crippen molar-refractivity contribution in [3.8, 4) is 22.5 Å². The normalized spacial score (nSPS) is 22.6. The van der Waals surface area contributed by atoms with Gasteiger partial charge in [0.05, 0.1) is 79.6 Å². The van der Waals surface area contributed by atoms with E-state index in [9.17, 15) is 38.4 Å². The van der Waals surface area contributed by atoms with Gasteiger partial charge in [0.2, 0.25) is 23.6 Å². The fraction of sp³-hybridized carbons (Fsp3) is 0.432. The Hall–Kier alpha value is -9.62. The lowest BCUT2D eigenvalue weighted by molar-refractivity contribution is -0.138. The third kappa shape index (κ3) is 17.9. The number of rotatable bonds is 10. The number of aryl methyl sites for hydroxylation is 2. The SMILES string of the molecule is C.CC(=O)C(=N)c1cc(-c2cnc(C)nc2)ncc1NCC(=O)O.CC(=O)c1nn(CC(=O)N2[C@H]3C[C@@]4(CNC(=O)C(C)(C)CC=CCOCc5ccc(Br)nc5NC3=O)C[C@@H]24)c2cnc(-c3cnc(C)nc3)cc12.CC1(C)CC=CCOCc2ccc(Br)nc2CC(=O)[C@@H]2C[C@@]3(CNC1=O)C[C@H]3N2. The second kappa shape index (κ2) is 32.2. The highest BCUT2D eigenvalue weighted by molar-refractivity contribution is 9.10. The van der Waals surface area contributed by atoms with E-state index in [0.717, 1.165) is 28.7 Å². The molecule has 7 aromatic heterocycles. The van der Waals surface area contributed by atoms with Gasteiger partial charge in [0.15, 0.2) is 17.3 Å². The predicted molar refractivity (Wildman–Crippen MR) is 394 cm³/mol. The van der Waals surface area contributed by atoms with Gasteiger partial charge < -0.3 is 46.1 Å². The van der Waals surface area contributed by atoms with Crippen molar-refractivity contribution in [1.82, 2.24) is 70.5 Å². The summed E-state index contributed by atoms with van der Waals surface area (Å²) in [5, 5.41) is 37.1. The van der Waals surface area contributed by atoms with E-state index in [-0.39, 0.29) is 103 Å². The number of ether oxygens (including phenoxy) is 2. The summed E-state index contributed by atoms with van der Waals surface area (Å²) in [6, 6.07) is 9.76. The van der Waals surface area contributed by atoms with Gasteiger partial charge >= 0.3 is 5.97 Å². The number of piperidine rings is 2. The molecule has 7 aromatic rings. The first-order valence-corrected chi connectivity index (χ1v) is 35.3. The monoisotopic (exact) mass is 1550 g/mol. The standard InChI is InChI=1S/C36H38BrN9O5.C22H28BrN3O3.C15H15N5O3.CH4/c1-20(47)31-24-11-25(23-14-38-21(2)39-15-23)40-16-27(24)45(44-31)17-30(48)46-26-12-36(13-28(36)46)19-41-34(50)35(3,4)9-5-6-10-51-18-22-7-8-29(37)42-32(22)43-33(26)49;1-21(2)7-3-4-8-29-12-14-5-6-19(23)26-15(14)9-17(27)16-10-22(11-18(22)25-16)13-24-20(21)28;1-8(21)15(16)11-3-12(10-4-17-9(2)18-5-10)19-6-13(11)20-7-14(22)23;/h5-8,11,14-16,26,28H,9-10,12-13,17-19H2,1-4H3,(H,41,50)(H,42,43,49);3-6,16,18,25H,7-13H2,1-2H3,(H,24,28);3-6,16,20H,7H2,1-2H3,(H,22,23);1H4/t26-,28+,36-;16-,18+,22-;;/m00../s1. The van der Waals surface area contributed by atoms with Crippen LogP contribution in [-0.4, -0.2) is 169 Å². The summed E-state index contributed by atoms with van der Waals surface area (Å²) >= 11 is 6.81. The molecule has 4 fully saturated rings. The zero-order valence-corrected chi connectivity index (χ0v) is 61.5. The van der Waals surface area contributed by atoms with Crippen LogP contribution in [0.4, 0.5) is 11.5 Å². The van der Waals surface area contributed by atoms with Gasteiger partial charge in [0, 0.05) is 113 Å². The molecule has 2 saturated heterocycles. The number of halogens is 2. The number of Topliss-reactive ketones (excluding diaryl/α,β-unsaturated/α-hetero) is 3. The first-order valence-electron chi connectivity index (χ1n) is 33.8. The van der Waals surface area contributed by atoms with Gasteiger partial charge in [-0.25, -0.2) is 29.9 Å². The van der Waals surface area contributed by atoms with Gasteiger partial charge in [-0.05, 0) is 114 Å². The number of hydrogen-bond donors (Lipinski definition) is 7. The van der Waals surface area contributed by atoms with Crippen LogP contribution in [0, 0.1) is 40.9 Å². The Labute approximate surface area is 618 Å². The number of carboxylic acid groups (broad SMARTS) is 1. The Morgan fingerprint density at radius 3 is 1.89 bits per heavy atom. The number of pyridine rings is 4. The predicted octanol–water partition coefficient (Wildman–Crippen LogP) is 8.81. The second-order valence-corrected chi connectivity index (χ2v) is 29.8. The number of amides is 4. The van der Waals surface area contributed by atoms with E-state index in [2.05, 4.69) is 103 Å². The minimum absolute atomic E-state index is 0. The third-order valence-corrected chi connectivity index (χ3v) is 20.4. The highest BCUT2D eigenvalue weighted by atomic mass is 79.9. The van der Waals surface area contributed by atoms with Crippen molar-refractivity contribution in [3.63, 3.8) is 0 Å². The summed E-state index contributed by atoms with van der Waals surface area (Å²) in [5.41, 5.74) is 4.23. The Morgan fingerprint density at radius 1 is 0.712 bits per heavy atom. The number of nitrogens with zero attached hydrogens (tertiary/aromatic N) is 11. The van der Waals surface area contributed by atoms with E-state index >= 15 is 0 Å². The number of fused-ring (bicyclic) bond motifs is 5. The largest absolute Gasteiger partial charge is 0.480 e. The second-order valence-electron chi connectivity index (χ2n) is 28.2. The molecule has 13 rings (SSSR count). The first kappa shape index (κ1) is 77.0. The number of allylic oxidation sites excluding steroid dienone is 2. The van der Waals surface area contributed by atoms with E-state index in [1.54, 1.807) is 67.9 Å². The summed E-state index contributed by atoms with van der Waals surface area (Å²) in [6.07, 6.45) is 21.5. The molecule has 4 bridgehead atoms. The zero-order valence-electron chi connectivity index (χ0n) is 58.4. The van der Waals surface area contributed by atoms with Crippen LogP contribution >= 0.6 is 31.9 Å². The zero-order chi connectivity index (χ0) is 73.7. The molecule has 4 amide bonds. The number of hydrogen-bond acceptors (Lipinski definition) is 22. The third-order valence-electron chi connectivity index (χ3n) is 19.5. The maximum atomic E-state index is 14.3. The van der Waals surface area contributed by atoms with Crippen molar-refractivity contribution >= 4 is 107 Å². The number of nitrogens with one attached hydrogen (secondary N) is 6. The molecule has 30 heteroatoms. The quantitative estimate of drug-likeness (QED) is 0.0291. The Balaban J connectivity index is 0.000000185. The molecule has 2 aliphatic carbocycles. The maximum absolute atomic E-state index is 14.3. The lowest BCUT2D eigenvalue weighted by Gasteiger charge is -2.27. The molecule has 104 heavy (non-hydrogen) atoms. The molecule has 11 heterocycles. The van der Waals surface area contributed by atoms with Crippen molar-refractivity contribution < 1.29 is 52.9 Å². The molecule has 6 aliphatic rings. The van der Waals surface area contributed by atoms with Gasteiger partial charge in [0.25, 0.3) is 0 Å². The van der Waals surface area contributed by atoms with Gasteiger partial charge in [-0.1, -0.05) is 71.6 Å². The van der Waals surface area contributed by atoms with Crippen LogP contribution < -0.4 is 26.6 Å². The molecule has 2 saturated carbocycles. The fourth-order valence-electron chi connectivity index (χ4n) is 13.2. The van der Waals surface area contributed by atoms with Crippen LogP contribution in [0.2, 0.25) is 0 Å².